The van der Waals surface area contributed by atoms with Gasteiger partial charge in [-0.2, -0.15) is 0 Å². The molecule has 0 spiro atoms. The number of carbonyl (C=O) groups excluding carboxylic acids is 3. The number of thioether (sulfide) groups is 1. The van der Waals surface area contributed by atoms with Gasteiger partial charge in [0.15, 0.2) is 23.9 Å². The van der Waals surface area contributed by atoms with E-state index >= 15 is 0 Å². The standard InChI is InChI=1S/C21H21NO6S/c1-13-3-5-15(6-4-13)10-29-11-21(25)26-9-20(24)22-17-8-19-18(27-12-28-19)7-16(17)14(2)23/h3-8H,9-12H2,1-2H3,(H,22,24). The first-order chi connectivity index (χ1) is 13.9. The van der Waals surface area contributed by atoms with Gasteiger partial charge in [0.25, 0.3) is 5.91 Å². The van der Waals surface area contributed by atoms with E-state index in [2.05, 4.69) is 5.32 Å². The molecule has 0 atom stereocenters. The Morgan fingerprint density at radius 2 is 1.79 bits per heavy atom. The molecule has 1 heterocycles. The summed E-state index contributed by atoms with van der Waals surface area (Å²) in [5, 5.41) is 2.58. The number of hydrogen-bond acceptors (Lipinski definition) is 7. The van der Waals surface area contributed by atoms with Crippen molar-refractivity contribution in [2.24, 2.45) is 0 Å². The summed E-state index contributed by atoms with van der Waals surface area (Å²) in [7, 11) is 0. The molecule has 0 aliphatic carbocycles. The number of carbonyl (C=O) groups is 3. The highest BCUT2D eigenvalue weighted by Gasteiger charge is 2.20. The van der Waals surface area contributed by atoms with E-state index in [4.69, 9.17) is 14.2 Å². The molecule has 1 aliphatic rings. The second kappa shape index (κ2) is 9.47. The van der Waals surface area contributed by atoms with E-state index in [-0.39, 0.29) is 24.0 Å². The van der Waals surface area contributed by atoms with Crippen LogP contribution in [0.25, 0.3) is 0 Å². The van der Waals surface area contributed by atoms with E-state index < -0.39 is 18.5 Å². The van der Waals surface area contributed by atoms with Crippen molar-refractivity contribution in [1.29, 1.82) is 0 Å². The molecule has 0 bridgehead atoms. The van der Waals surface area contributed by atoms with Crippen molar-refractivity contribution in [3.05, 3.63) is 53.1 Å². The summed E-state index contributed by atoms with van der Waals surface area (Å²) in [5.41, 5.74) is 2.88. The number of ether oxygens (including phenoxy) is 3. The number of nitrogens with one attached hydrogen (secondary N) is 1. The Labute approximate surface area is 172 Å². The maximum atomic E-state index is 12.1. The molecule has 0 aromatic heterocycles. The Morgan fingerprint density at radius 3 is 2.48 bits per heavy atom. The lowest BCUT2D eigenvalue weighted by molar-refractivity contribution is -0.144. The number of anilines is 1. The first kappa shape index (κ1) is 20.7. The number of Topliss-reactive ketones (excluding diaryl/α,β-unsaturated/α-hetero) is 1. The second-order valence-electron chi connectivity index (χ2n) is 6.49. The van der Waals surface area contributed by atoms with Crippen molar-refractivity contribution in [2.75, 3.05) is 24.5 Å². The molecule has 1 N–H and O–H groups in total. The molecule has 0 radical (unpaired) electrons. The molecule has 0 unspecified atom stereocenters. The van der Waals surface area contributed by atoms with Crippen molar-refractivity contribution in [3.8, 4) is 11.5 Å². The molecule has 29 heavy (non-hydrogen) atoms. The Bertz CT molecular complexity index is 926. The molecule has 8 heteroatoms. The third-order valence-electron chi connectivity index (χ3n) is 4.14. The van der Waals surface area contributed by atoms with Gasteiger partial charge in [0.1, 0.15) is 0 Å². The molecule has 7 nitrogen and oxygen atoms in total. The van der Waals surface area contributed by atoms with E-state index in [0.29, 0.717) is 22.8 Å². The average molecular weight is 415 g/mol. The van der Waals surface area contributed by atoms with Crippen LogP contribution < -0.4 is 14.8 Å². The first-order valence-electron chi connectivity index (χ1n) is 8.95. The first-order valence-corrected chi connectivity index (χ1v) is 10.1. The summed E-state index contributed by atoms with van der Waals surface area (Å²) in [6.45, 7) is 3.03. The monoisotopic (exact) mass is 415 g/mol. The summed E-state index contributed by atoms with van der Waals surface area (Å²) in [5.74, 6) is 0.464. The third-order valence-corrected chi connectivity index (χ3v) is 5.12. The van der Waals surface area contributed by atoms with E-state index in [1.165, 1.54) is 36.4 Å². The van der Waals surface area contributed by atoms with E-state index in [9.17, 15) is 14.4 Å². The number of rotatable bonds is 8. The van der Waals surface area contributed by atoms with Crippen LogP contribution in [0.5, 0.6) is 11.5 Å². The minimum Gasteiger partial charge on any atom is -0.455 e. The third kappa shape index (κ3) is 5.74. The molecule has 2 aromatic rings. The highest BCUT2D eigenvalue weighted by atomic mass is 32.2. The zero-order chi connectivity index (χ0) is 20.8. The molecule has 2 aromatic carbocycles. The summed E-state index contributed by atoms with van der Waals surface area (Å²) in [4.78, 5) is 35.8. The SMILES string of the molecule is CC(=O)c1cc2c(cc1NC(=O)COC(=O)CSCc1ccc(C)cc1)OCO2. The van der Waals surface area contributed by atoms with Crippen LogP contribution in [0.4, 0.5) is 5.69 Å². The minimum absolute atomic E-state index is 0.0575. The average Bonchev–Trinajstić information content (AvgIpc) is 3.14. The number of benzene rings is 2. The maximum Gasteiger partial charge on any atom is 0.316 e. The lowest BCUT2D eigenvalue weighted by atomic mass is 10.1. The Hall–Kier alpha value is -3.00. The van der Waals surface area contributed by atoms with Crippen molar-refractivity contribution in [3.63, 3.8) is 0 Å². The Balaban J connectivity index is 1.46. The molecule has 3 rings (SSSR count). The van der Waals surface area contributed by atoms with Crippen LogP contribution in [-0.4, -0.2) is 36.8 Å². The van der Waals surface area contributed by atoms with Crippen LogP contribution in [0, 0.1) is 6.92 Å². The molecule has 1 aliphatic heterocycles. The van der Waals surface area contributed by atoms with E-state index in [1.54, 1.807) is 0 Å². The van der Waals surface area contributed by atoms with Crippen molar-refractivity contribution >= 4 is 35.1 Å². The number of esters is 1. The summed E-state index contributed by atoms with van der Waals surface area (Å²) in [6.07, 6.45) is 0. The number of hydrogen-bond donors (Lipinski definition) is 1. The zero-order valence-electron chi connectivity index (χ0n) is 16.2. The van der Waals surface area contributed by atoms with Crippen LogP contribution >= 0.6 is 11.8 Å². The van der Waals surface area contributed by atoms with Gasteiger partial charge < -0.3 is 19.5 Å². The van der Waals surface area contributed by atoms with Crippen LogP contribution in [0.15, 0.2) is 36.4 Å². The van der Waals surface area contributed by atoms with Gasteiger partial charge >= 0.3 is 5.97 Å². The summed E-state index contributed by atoms with van der Waals surface area (Å²) < 4.78 is 15.5. The minimum atomic E-state index is -0.539. The zero-order valence-corrected chi connectivity index (χ0v) is 17.0. The molecular weight excluding hydrogens is 394 g/mol. The van der Waals surface area contributed by atoms with Gasteiger partial charge in [-0.15, -0.1) is 11.8 Å². The topological polar surface area (TPSA) is 90.9 Å². The van der Waals surface area contributed by atoms with Gasteiger partial charge in [0, 0.05) is 17.4 Å². The molecule has 0 saturated heterocycles. The van der Waals surface area contributed by atoms with Gasteiger partial charge in [-0.3, -0.25) is 14.4 Å². The lowest BCUT2D eigenvalue weighted by Crippen LogP contribution is -2.22. The number of aryl methyl sites for hydroxylation is 1. The molecular formula is C21H21NO6S. The lowest BCUT2D eigenvalue weighted by Gasteiger charge is -2.11. The normalized spacial score (nSPS) is 11.8. The van der Waals surface area contributed by atoms with Crippen LogP contribution in [-0.2, 0) is 20.1 Å². The molecule has 0 fully saturated rings. The summed E-state index contributed by atoms with van der Waals surface area (Å²) >= 11 is 1.41. The van der Waals surface area contributed by atoms with Gasteiger partial charge in [-0.1, -0.05) is 29.8 Å². The fourth-order valence-corrected chi connectivity index (χ4v) is 3.43. The molecule has 152 valence electrons. The van der Waals surface area contributed by atoms with Gasteiger partial charge in [-0.25, -0.2) is 0 Å². The largest absolute Gasteiger partial charge is 0.455 e. The number of ketones is 1. The fourth-order valence-electron chi connectivity index (χ4n) is 2.65. The van der Waals surface area contributed by atoms with Crippen LogP contribution in [0.1, 0.15) is 28.4 Å². The van der Waals surface area contributed by atoms with Gasteiger partial charge in [0.05, 0.1) is 11.4 Å². The number of fused-ring (bicyclic) bond motifs is 1. The van der Waals surface area contributed by atoms with E-state index in [1.807, 2.05) is 31.2 Å². The van der Waals surface area contributed by atoms with Gasteiger partial charge in [-0.05, 0) is 25.5 Å². The van der Waals surface area contributed by atoms with Gasteiger partial charge in [0.2, 0.25) is 6.79 Å². The predicted molar refractivity (Wildman–Crippen MR) is 109 cm³/mol. The highest BCUT2D eigenvalue weighted by molar-refractivity contribution is 7.99. The van der Waals surface area contributed by atoms with E-state index in [0.717, 1.165) is 5.56 Å². The van der Waals surface area contributed by atoms with Crippen molar-refractivity contribution in [2.45, 2.75) is 19.6 Å². The van der Waals surface area contributed by atoms with Crippen LogP contribution in [0.3, 0.4) is 0 Å². The van der Waals surface area contributed by atoms with Crippen molar-refractivity contribution < 1.29 is 28.6 Å². The van der Waals surface area contributed by atoms with Crippen molar-refractivity contribution in [1.82, 2.24) is 0 Å². The highest BCUT2D eigenvalue weighted by Crippen LogP contribution is 2.37. The van der Waals surface area contributed by atoms with Crippen LogP contribution in [0.2, 0.25) is 0 Å². The predicted octanol–water partition coefficient (Wildman–Crippen LogP) is 3.34. The quantitative estimate of drug-likeness (QED) is 0.522. The smallest absolute Gasteiger partial charge is 0.316 e. The maximum absolute atomic E-state index is 12.1. The summed E-state index contributed by atoms with van der Waals surface area (Å²) in [6, 6.07) is 11.1. The Morgan fingerprint density at radius 1 is 1.10 bits per heavy atom. The molecule has 0 saturated carbocycles. The second-order valence-corrected chi connectivity index (χ2v) is 7.48. The fraction of sp³-hybridized carbons (Fsp3) is 0.286. The Kier molecular flexibility index (Phi) is 6.77. The molecule has 1 amide bonds. The number of amides is 1.